The zero-order valence-electron chi connectivity index (χ0n) is 9.92. The van der Waals surface area contributed by atoms with Crippen LogP contribution in [0.15, 0.2) is 0 Å². The summed E-state index contributed by atoms with van der Waals surface area (Å²) >= 11 is 0. The van der Waals surface area contributed by atoms with Crippen molar-refractivity contribution in [1.29, 1.82) is 0 Å². The van der Waals surface area contributed by atoms with E-state index >= 15 is 0 Å². The third kappa shape index (κ3) is 3.18. The molecule has 1 saturated heterocycles. The summed E-state index contributed by atoms with van der Waals surface area (Å²) in [5.41, 5.74) is -0.724. The molecule has 0 aromatic rings. The molecule has 0 spiro atoms. The van der Waals surface area contributed by atoms with Gasteiger partial charge in [-0.05, 0) is 19.4 Å². The second-order valence-corrected chi connectivity index (χ2v) is 4.65. The second-order valence-electron chi connectivity index (χ2n) is 4.65. The van der Waals surface area contributed by atoms with E-state index < -0.39 is 5.60 Å². The van der Waals surface area contributed by atoms with Gasteiger partial charge in [-0.1, -0.05) is 13.8 Å². The molecule has 2 N–H and O–H groups in total. The molecular formula is C11H22N2O2. The van der Waals surface area contributed by atoms with E-state index in [9.17, 15) is 9.90 Å². The monoisotopic (exact) mass is 214 g/mol. The highest BCUT2D eigenvalue weighted by Crippen LogP contribution is 2.16. The molecule has 1 aliphatic heterocycles. The summed E-state index contributed by atoms with van der Waals surface area (Å²) in [6.07, 6.45) is 1.57. The van der Waals surface area contributed by atoms with Crippen LogP contribution >= 0.6 is 0 Å². The maximum absolute atomic E-state index is 11.8. The average Bonchev–Trinajstić information content (AvgIpc) is 2.62. The topological polar surface area (TPSA) is 52.6 Å². The van der Waals surface area contributed by atoms with Crippen LogP contribution in [0, 0.1) is 5.92 Å². The second kappa shape index (κ2) is 4.94. The summed E-state index contributed by atoms with van der Waals surface area (Å²) < 4.78 is 0. The van der Waals surface area contributed by atoms with Crippen molar-refractivity contribution in [1.82, 2.24) is 10.2 Å². The predicted octanol–water partition coefficient (Wildman–Crippen LogP) is 0.215. The fourth-order valence-electron chi connectivity index (χ4n) is 1.94. The molecule has 4 nitrogen and oxygen atoms in total. The van der Waals surface area contributed by atoms with Gasteiger partial charge in [0.25, 0.3) is 0 Å². The lowest BCUT2D eigenvalue weighted by Crippen LogP contribution is -2.46. The van der Waals surface area contributed by atoms with Crippen molar-refractivity contribution in [2.45, 2.75) is 32.3 Å². The summed E-state index contributed by atoms with van der Waals surface area (Å²) in [4.78, 5) is 13.5. The van der Waals surface area contributed by atoms with Crippen molar-refractivity contribution >= 4 is 5.91 Å². The molecule has 1 amide bonds. The Balaban J connectivity index is 2.47. The molecule has 0 saturated carbocycles. The maximum atomic E-state index is 11.8. The minimum atomic E-state index is -0.724. The number of likely N-dealkylation sites (N-methyl/N-ethyl adjacent to an activating group) is 1. The number of hydrogen-bond donors (Lipinski definition) is 2. The number of carbonyl (C=O) groups is 1. The van der Waals surface area contributed by atoms with E-state index in [1.54, 1.807) is 11.9 Å². The van der Waals surface area contributed by atoms with Crippen molar-refractivity contribution in [3.8, 4) is 0 Å². The van der Waals surface area contributed by atoms with Gasteiger partial charge in [0.2, 0.25) is 5.91 Å². The van der Waals surface area contributed by atoms with E-state index in [0.717, 1.165) is 19.4 Å². The van der Waals surface area contributed by atoms with Gasteiger partial charge in [-0.25, -0.2) is 0 Å². The van der Waals surface area contributed by atoms with Gasteiger partial charge in [0.1, 0.15) is 0 Å². The lowest BCUT2D eigenvalue weighted by molar-refractivity contribution is -0.136. The predicted molar refractivity (Wildman–Crippen MR) is 59.5 cm³/mol. The number of rotatable bonds is 4. The Morgan fingerprint density at radius 1 is 1.67 bits per heavy atom. The Kier molecular flexibility index (Phi) is 4.11. The summed E-state index contributed by atoms with van der Waals surface area (Å²) in [7, 11) is 1.77. The molecule has 1 rings (SSSR count). The van der Waals surface area contributed by atoms with Crippen LogP contribution in [0.25, 0.3) is 0 Å². The van der Waals surface area contributed by atoms with Crippen molar-refractivity contribution < 1.29 is 9.90 Å². The molecule has 88 valence electrons. The highest BCUT2D eigenvalue weighted by Gasteiger charge is 2.33. The molecule has 1 heterocycles. The molecule has 0 aromatic carbocycles. The fourth-order valence-corrected chi connectivity index (χ4v) is 1.94. The van der Waals surface area contributed by atoms with Crippen LogP contribution in [-0.4, -0.2) is 48.2 Å². The maximum Gasteiger partial charge on any atom is 0.225 e. The molecule has 2 atom stereocenters. The fraction of sp³-hybridized carbons (Fsp3) is 0.909. The SMILES string of the molecule is CCC(C)C(=O)N(C)CC1(O)CCNC1. The lowest BCUT2D eigenvalue weighted by atomic mass is 10.0. The van der Waals surface area contributed by atoms with Crippen molar-refractivity contribution in [3.05, 3.63) is 0 Å². The molecule has 1 aliphatic rings. The first-order valence-corrected chi connectivity index (χ1v) is 5.66. The van der Waals surface area contributed by atoms with Gasteiger partial charge in [0.15, 0.2) is 0 Å². The van der Waals surface area contributed by atoms with Crippen molar-refractivity contribution in [2.24, 2.45) is 5.92 Å². The quantitative estimate of drug-likeness (QED) is 0.703. The Bertz CT molecular complexity index is 225. The van der Waals surface area contributed by atoms with Gasteiger partial charge in [-0.15, -0.1) is 0 Å². The molecule has 2 unspecified atom stereocenters. The molecule has 1 fully saturated rings. The smallest absolute Gasteiger partial charge is 0.225 e. The van der Waals surface area contributed by atoms with E-state index in [2.05, 4.69) is 5.32 Å². The normalized spacial score (nSPS) is 27.7. The zero-order valence-corrected chi connectivity index (χ0v) is 9.92. The standard InChI is InChI=1S/C11H22N2O2/c1-4-9(2)10(14)13(3)8-11(15)5-6-12-7-11/h9,12,15H,4-8H2,1-3H3. The van der Waals surface area contributed by atoms with Crippen LogP contribution in [0.2, 0.25) is 0 Å². The van der Waals surface area contributed by atoms with Gasteiger partial charge >= 0.3 is 0 Å². The summed E-state index contributed by atoms with van der Waals surface area (Å²) in [6, 6.07) is 0. The van der Waals surface area contributed by atoms with Gasteiger partial charge < -0.3 is 15.3 Å². The van der Waals surface area contributed by atoms with Crippen molar-refractivity contribution in [3.63, 3.8) is 0 Å². The van der Waals surface area contributed by atoms with E-state index in [0.29, 0.717) is 13.1 Å². The molecule has 0 bridgehead atoms. The Morgan fingerprint density at radius 2 is 2.33 bits per heavy atom. The van der Waals surface area contributed by atoms with E-state index in [4.69, 9.17) is 0 Å². The number of amides is 1. The number of carbonyl (C=O) groups excluding carboxylic acids is 1. The third-order valence-electron chi connectivity index (χ3n) is 3.16. The van der Waals surface area contributed by atoms with E-state index in [-0.39, 0.29) is 11.8 Å². The average molecular weight is 214 g/mol. The third-order valence-corrected chi connectivity index (χ3v) is 3.16. The zero-order chi connectivity index (χ0) is 11.5. The summed E-state index contributed by atoms with van der Waals surface area (Å²) in [6.45, 7) is 5.79. The molecule has 0 aromatic heterocycles. The highest BCUT2D eigenvalue weighted by atomic mass is 16.3. The van der Waals surface area contributed by atoms with Crippen LogP contribution in [-0.2, 0) is 4.79 Å². The highest BCUT2D eigenvalue weighted by molar-refractivity contribution is 5.78. The number of aliphatic hydroxyl groups is 1. The van der Waals surface area contributed by atoms with Crippen LogP contribution in [0.1, 0.15) is 26.7 Å². The van der Waals surface area contributed by atoms with Gasteiger partial charge in [0.05, 0.1) is 12.1 Å². The number of nitrogens with one attached hydrogen (secondary N) is 1. The van der Waals surface area contributed by atoms with E-state index in [1.807, 2.05) is 13.8 Å². The van der Waals surface area contributed by atoms with Crippen LogP contribution in [0.5, 0.6) is 0 Å². The minimum absolute atomic E-state index is 0.0490. The van der Waals surface area contributed by atoms with Gasteiger partial charge in [-0.2, -0.15) is 0 Å². The molecule has 0 aliphatic carbocycles. The van der Waals surface area contributed by atoms with Gasteiger partial charge in [-0.3, -0.25) is 4.79 Å². The molecule has 4 heteroatoms. The summed E-state index contributed by atoms with van der Waals surface area (Å²) in [5.74, 6) is 0.172. The molecule has 0 radical (unpaired) electrons. The molecule has 15 heavy (non-hydrogen) atoms. The summed E-state index contributed by atoms with van der Waals surface area (Å²) in [5, 5.41) is 13.2. The Hall–Kier alpha value is -0.610. The van der Waals surface area contributed by atoms with E-state index in [1.165, 1.54) is 0 Å². The van der Waals surface area contributed by atoms with Crippen molar-refractivity contribution in [2.75, 3.05) is 26.7 Å². The largest absolute Gasteiger partial charge is 0.387 e. The molecular weight excluding hydrogens is 192 g/mol. The first-order valence-electron chi connectivity index (χ1n) is 5.66. The number of β-amino-alcohol motifs (C(OH)–C–C–N with tert-alkyl or cyclic N) is 1. The van der Waals surface area contributed by atoms with Crippen LogP contribution in [0.4, 0.5) is 0 Å². The van der Waals surface area contributed by atoms with Gasteiger partial charge in [0, 0.05) is 19.5 Å². The lowest BCUT2D eigenvalue weighted by Gasteiger charge is -2.29. The minimum Gasteiger partial charge on any atom is -0.387 e. The number of hydrogen-bond acceptors (Lipinski definition) is 3. The Labute approximate surface area is 91.6 Å². The van der Waals surface area contributed by atoms with Crippen LogP contribution < -0.4 is 5.32 Å². The van der Waals surface area contributed by atoms with Crippen LogP contribution in [0.3, 0.4) is 0 Å². The number of nitrogens with zero attached hydrogens (tertiary/aromatic N) is 1. The first kappa shape index (κ1) is 12.5. The first-order chi connectivity index (χ1) is 6.98. The Morgan fingerprint density at radius 3 is 2.80 bits per heavy atom.